The minimum absolute atomic E-state index is 0.130. The smallest absolute Gasteiger partial charge is 0.437 e. The van der Waals surface area contributed by atoms with E-state index in [0.29, 0.717) is 17.8 Å². The Hall–Kier alpha value is -2.49. The number of fused-ring (bicyclic) bond motifs is 1. The highest BCUT2D eigenvalue weighted by Gasteiger charge is 2.30. The van der Waals surface area contributed by atoms with Crippen LogP contribution in [0.4, 0.5) is 0 Å². The molecule has 3 N–H and O–H groups in total. The predicted octanol–water partition coefficient (Wildman–Crippen LogP) is -0.483. The van der Waals surface area contributed by atoms with Gasteiger partial charge in [-0.2, -0.15) is 0 Å². The molecule has 1 aromatic heterocycles. The summed E-state index contributed by atoms with van der Waals surface area (Å²) in [4.78, 5) is 19.7. The second-order valence-corrected chi connectivity index (χ2v) is 5.25. The van der Waals surface area contributed by atoms with Gasteiger partial charge in [0.25, 0.3) is 5.91 Å². The van der Waals surface area contributed by atoms with Crippen LogP contribution < -0.4 is 15.5 Å². The van der Waals surface area contributed by atoms with Gasteiger partial charge in [0.15, 0.2) is 0 Å². The summed E-state index contributed by atoms with van der Waals surface area (Å²) in [5, 5.41) is 21.0. The molecule has 1 aliphatic rings. The van der Waals surface area contributed by atoms with Crippen LogP contribution in [0.3, 0.4) is 0 Å². The van der Waals surface area contributed by atoms with Crippen LogP contribution in [0.1, 0.15) is 21.6 Å². The van der Waals surface area contributed by atoms with Gasteiger partial charge in [-0.1, -0.05) is 6.07 Å². The Balaban J connectivity index is 1.75. The SMILES string of the molecule is Cc1c(Oc2cnc(C(=O)NCCO)cn2)ccc2c1B(O)OC2. The molecule has 8 nitrogen and oxygen atoms in total. The summed E-state index contributed by atoms with van der Waals surface area (Å²) < 4.78 is 10.9. The Kier molecular flexibility index (Phi) is 4.75. The van der Waals surface area contributed by atoms with Crippen molar-refractivity contribution in [3.63, 3.8) is 0 Å². The normalized spacial score (nSPS) is 12.9. The molecule has 124 valence electrons. The van der Waals surface area contributed by atoms with Gasteiger partial charge in [-0.3, -0.25) is 4.79 Å². The Labute approximate surface area is 138 Å². The number of carbonyl (C=O) groups is 1. The van der Waals surface area contributed by atoms with Crippen LogP contribution in [0.15, 0.2) is 24.5 Å². The highest BCUT2D eigenvalue weighted by molar-refractivity contribution is 6.62. The Morgan fingerprint density at radius 2 is 2.25 bits per heavy atom. The van der Waals surface area contributed by atoms with E-state index in [1.165, 1.54) is 12.4 Å². The predicted molar refractivity (Wildman–Crippen MR) is 85.1 cm³/mol. The lowest BCUT2D eigenvalue weighted by Gasteiger charge is -2.11. The van der Waals surface area contributed by atoms with Crippen LogP contribution in [0.5, 0.6) is 11.6 Å². The first-order chi connectivity index (χ1) is 11.6. The first kappa shape index (κ1) is 16.4. The largest absolute Gasteiger partial charge is 0.492 e. The second-order valence-electron chi connectivity index (χ2n) is 5.25. The van der Waals surface area contributed by atoms with Gasteiger partial charge in [-0.15, -0.1) is 0 Å². The lowest BCUT2D eigenvalue weighted by molar-refractivity contribution is 0.0939. The number of aliphatic hydroxyl groups excluding tert-OH is 1. The van der Waals surface area contributed by atoms with Gasteiger partial charge in [-0.05, 0) is 29.6 Å². The quantitative estimate of drug-likeness (QED) is 0.635. The molecule has 0 radical (unpaired) electrons. The van der Waals surface area contributed by atoms with E-state index in [2.05, 4.69) is 15.3 Å². The van der Waals surface area contributed by atoms with Crippen molar-refractivity contribution in [2.24, 2.45) is 0 Å². The van der Waals surface area contributed by atoms with Crippen molar-refractivity contribution < 1.29 is 24.3 Å². The number of aromatic nitrogens is 2. The molecule has 0 bridgehead atoms. The molecule has 0 unspecified atom stereocenters. The summed E-state index contributed by atoms with van der Waals surface area (Å²) in [6.07, 6.45) is 2.64. The Bertz CT molecular complexity index is 754. The number of benzene rings is 1. The van der Waals surface area contributed by atoms with Crippen LogP contribution in [0.2, 0.25) is 0 Å². The molecule has 0 saturated heterocycles. The van der Waals surface area contributed by atoms with E-state index in [0.717, 1.165) is 11.1 Å². The number of nitrogens with zero attached hydrogens (tertiary/aromatic N) is 2. The molecule has 0 saturated carbocycles. The molecule has 24 heavy (non-hydrogen) atoms. The second kappa shape index (κ2) is 6.96. The zero-order valence-electron chi connectivity index (χ0n) is 13.0. The van der Waals surface area contributed by atoms with E-state index in [4.69, 9.17) is 14.5 Å². The standard InChI is InChI=1S/C15H16BN3O5/c1-9-12(3-2-10-8-23-16(22)14(9)10)24-13-7-18-11(6-19-13)15(21)17-4-5-20/h2-3,6-7,20,22H,4-5,8H2,1H3,(H,17,21). The fourth-order valence-corrected chi connectivity index (χ4v) is 2.46. The lowest BCUT2D eigenvalue weighted by atomic mass is 9.76. The molecular weight excluding hydrogens is 313 g/mol. The van der Waals surface area contributed by atoms with Crippen LogP contribution in [-0.4, -0.2) is 46.3 Å². The number of nitrogens with one attached hydrogen (secondary N) is 1. The number of ether oxygens (including phenoxy) is 1. The van der Waals surface area contributed by atoms with Gasteiger partial charge in [0.05, 0.1) is 25.6 Å². The van der Waals surface area contributed by atoms with Crippen molar-refractivity contribution in [2.75, 3.05) is 13.2 Å². The van der Waals surface area contributed by atoms with Crippen LogP contribution in [0, 0.1) is 6.92 Å². The molecule has 3 rings (SSSR count). The van der Waals surface area contributed by atoms with Crippen molar-refractivity contribution in [1.82, 2.24) is 15.3 Å². The highest BCUT2D eigenvalue weighted by atomic mass is 16.5. The fourth-order valence-electron chi connectivity index (χ4n) is 2.46. The lowest BCUT2D eigenvalue weighted by Crippen LogP contribution is -2.30. The number of hydrogen-bond donors (Lipinski definition) is 3. The van der Waals surface area contributed by atoms with Crippen molar-refractivity contribution in [2.45, 2.75) is 13.5 Å². The summed E-state index contributed by atoms with van der Waals surface area (Å²) in [7, 11) is -0.952. The third-order valence-corrected chi connectivity index (χ3v) is 3.67. The molecule has 9 heteroatoms. The van der Waals surface area contributed by atoms with E-state index >= 15 is 0 Å². The monoisotopic (exact) mass is 329 g/mol. The molecule has 0 aliphatic carbocycles. The number of rotatable bonds is 5. The third-order valence-electron chi connectivity index (χ3n) is 3.67. The number of amides is 1. The molecule has 1 aliphatic heterocycles. The Morgan fingerprint density at radius 3 is 2.96 bits per heavy atom. The summed E-state index contributed by atoms with van der Waals surface area (Å²) in [5.74, 6) is 0.340. The van der Waals surface area contributed by atoms with Gasteiger partial charge in [0, 0.05) is 6.54 Å². The van der Waals surface area contributed by atoms with Crippen LogP contribution in [-0.2, 0) is 11.3 Å². The van der Waals surface area contributed by atoms with Gasteiger partial charge in [0.1, 0.15) is 11.4 Å². The summed E-state index contributed by atoms with van der Waals surface area (Å²) in [6, 6.07) is 3.61. The maximum atomic E-state index is 11.7. The number of aliphatic hydroxyl groups is 1. The number of hydrogen-bond acceptors (Lipinski definition) is 7. The van der Waals surface area contributed by atoms with E-state index in [-0.39, 0.29) is 24.7 Å². The van der Waals surface area contributed by atoms with E-state index in [1.807, 2.05) is 13.0 Å². The molecule has 0 spiro atoms. The molecule has 0 fully saturated rings. The average Bonchev–Trinajstić information content (AvgIpc) is 2.97. The molecule has 1 amide bonds. The van der Waals surface area contributed by atoms with Gasteiger partial charge >= 0.3 is 7.12 Å². The molecule has 2 aromatic rings. The maximum Gasteiger partial charge on any atom is 0.492 e. The van der Waals surface area contributed by atoms with Crippen LogP contribution in [0.25, 0.3) is 0 Å². The zero-order valence-corrected chi connectivity index (χ0v) is 13.0. The van der Waals surface area contributed by atoms with E-state index < -0.39 is 13.0 Å². The summed E-state index contributed by atoms with van der Waals surface area (Å²) in [5.41, 5.74) is 2.53. The first-order valence-corrected chi connectivity index (χ1v) is 7.41. The van der Waals surface area contributed by atoms with Crippen molar-refractivity contribution in [3.05, 3.63) is 41.3 Å². The number of carbonyl (C=O) groups excluding carboxylic acids is 1. The topological polar surface area (TPSA) is 114 Å². The molecular formula is C15H16BN3O5. The molecule has 0 atom stereocenters. The fraction of sp³-hybridized carbons (Fsp3) is 0.267. The van der Waals surface area contributed by atoms with E-state index in [9.17, 15) is 9.82 Å². The zero-order chi connectivity index (χ0) is 17.1. The summed E-state index contributed by atoms with van der Waals surface area (Å²) >= 11 is 0. The average molecular weight is 329 g/mol. The highest BCUT2D eigenvalue weighted by Crippen LogP contribution is 2.25. The minimum Gasteiger partial charge on any atom is -0.437 e. The minimum atomic E-state index is -0.952. The van der Waals surface area contributed by atoms with Gasteiger partial charge in [-0.25, -0.2) is 9.97 Å². The summed E-state index contributed by atoms with van der Waals surface area (Å²) in [6.45, 7) is 2.20. The first-order valence-electron chi connectivity index (χ1n) is 7.41. The van der Waals surface area contributed by atoms with Crippen molar-refractivity contribution in [3.8, 4) is 11.6 Å². The van der Waals surface area contributed by atoms with E-state index in [1.54, 1.807) is 6.07 Å². The van der Waals surface area contributed by atoms with Crippen molar-refractivity contribution in [1.29, 1.82) is 0 Å². The van der Waals surface area contributed by atoms with Crippen molar-refractivity contribution >= 4 is 18.5 Å². The van der Waals surface area contributed by atoms with Gasteiger partial charge in [0.2, 0.25) is 5.88 Å². The molecule has 2 heterocycles. The molecule has 1 aromatic carbocycles. The Morgan fingerprint density at radius 1 is 1.42 bits per heavy atom. The van der Waals surface area contributed by atoms with Gasteiger partial charge < -0.3 is 24.8 Å². The third kappa shape index (κ3) is 3.23. The maximum absolute atomic E-state index is 11.7. The van der Waals surface area contributed by atoms with Crippen LogP contribution >= 0.6 is 0 Å².